The van der Waals surface area contributed by atoms with Crippen molar-refractivity contribution in [3.05, 3.63) is 57.5 Å². The fourth-order valence-electron chi connectivity index (χ4n) is 4.37. The summed E-state index contributed by atoms with van der Waals surface area (Å²) in [6, 6.07) is 7.30. The smallest absolute Gasteiger partial charge is 0.305 e. The number of unbranched alkanes of at least 4 members (excludes halogenated alkanes) is 5. The quantitative estimate of drug-likeness (QED) is 0.0630. The lowest BCUT2D eigenvalue weighted by Crippen LogP contribution is -2.25. The van der Waals surface area contributed by atoms with Crippen molar-refractivity contribution in [2.24, 2.45) is 0 Å². The summed E-state index contributed by atoms with van der Waals surface area (Å²) in [7, 11) is 1.84. The number of anilines is 1. The molecule has 2 heterocycles. The van der Waals surface area contributed by atoms with E-state index < -0.39 is 0 Å². The van der Waals surface area contributed by atoms with E-state index in [4.69, 9.17) is 25.1 Å². The number of fused-ring (bicyclic) bond motifs is 1. The highest BCUT2D eigenvalue weighted by atomic mass is 16.6. The number of H-pyrrole nitrogens is 2. The molecule has 0 aliphatic heterocycles. The Kier molecular flexibility index (Phi) is 21.6. The highest BCUT2D eigenvalue weighted by molar-refractivity contribution is 5.94. The number of aromatic amines is 2. The maximum Gasteiger partial charge on any atom is 0.305 e. The van der Waals surface area contributed by atoms with Gasteiger partial charge in [0, 0.05) is 31.3 Å². The van der Waals surface area contributed by atoms with Gasteiger partial charge in [0.25, 0.3) is 17.9 Å². The molecule has 0 aliphatic rings. The Morgan fingerprint density at radius 3 is 2.28 bits per heavy atom. The van der Waals surface area contributed by atoms with Crippen LogP contribution in [-0.2, 0) is 31.9 Å². The average Bonchev–Trinajstić information content (AvgIpc) is 3.46. The van der Waals surface area contributed by atoms with Gasteiger partial charge >= 0.3 is 5.97 Å². The molecule has 2 aromatic heterocycles. The average molecular weight is 645 g/mol. The van der Waals surface area contributed by atoms with Crippen molar-refractivity contribution in [2.75, 3.05) is 45.7 Å². The minimum Gasteiger partial charge on any atom is -0.483 e. The Labute approximate surface area is 271 Å². The van der Waals surface area contributed by atoms with Crippen LogP contribution in [0.15, 0.2) is 35.3 Å². The number of nitrogens with zero attached hydrogens (tertiary/aromatic N) is 1. The van der Waals surface area contributed by atoms with Crippen molar-refractivity contribution < 1.29 is 29.0 Å². The Hall–Kier alpha value is -4.23. The second-order valence-corrected chi connectivity index (χ2v) is 10.5. The fourth-order valence-corrected chi connectivity index (χ4v) is 4.37. The van der Waals surface area contributed by atoms with Crippen molar-refractivity contribution in [3.8, 4) is 0 Å². The molecule has 1 aromatic carbocycles. The second kappa shape index (κ2) is 25.0. The van der Waals surface area contributed by atoms with E-state index in [0.29, 0.717) is 55.6 Å². The number of aromatic nitrogens is 3. The predicted octanol–water partition coefficient (Wildman–Crippen LogP) is 3.98. The molecule has 0 bridgehead atoms. The topological polar surface area (TPSA) is 202 Å². The van der Waals surface area contributed by atoms with E-state index in [1.165, 1.54) is 38.5 Å². The molecule has 7 N–H and O–H groups in total. The zero-order valence-electron chi connectivity index (χ0n) is 27.5. The third kappa shape index (κ3) is 16.7. The third-order valence-corrected chi connectivity index (χ3v) is 6.83. The van der Waals surface area contributed by atoms with Crippen molar-refractivity contribution >= 4 is 35.3 Å². The zero-order chi connectivity index (χ0) is 34.0. The molecule has 46 heavy (non-hydrogen) atoms. The first-order chi connectivity index (χ1) is 22.3. The van der Waals surface area contributed by atoms with Crippen LogP contribution >= 0.6 is 0 Å². The molecule has 13 nitrogen and oxygen atoms in total. The lowest BCUT2D eigenvalue weighted by Gasteiger charge is -2.08. The van der Waals surface area contributed by atoms with E-state index in [0.717, 1.165) is 17.7 Å². The van der Waals surface area contributed by atoms with Gasteiger partial charge in [-0.2, -0.15) is 4.98 Å². The van der Waals surface area contributed by atoms with Gasteiger partial charge in [-0.1, -0.05) is 64.5 Å². The number of hydrogen-bond donors (Lipinski definition) is 6. The number of likely N-dealkylation sites (N-methyl/N-ethyl adjacent to an activating group) is 1. The van der Waals surface area contributed by atoms with E-state index >= 15 is 0 Å². The molecule has 256 valence electrons. The summed E-state index contributed by atoms with van der Waals surface area (Å²) < 4.78 is 10.4. The number of carboxylic acid groups (broad SMARTS) is 1. The first-order valence-electron chi connectivity index (χ1n) is 16.0. The van der Waals surface area contributed by atoms with Crippen molar-refractivity contribution in [2.45, 2.75) is 78.1 Å². The SMILES string of the molecule is CCCCCCCC.CNCCOCCOC(=O)CCCNC(=O)c1ccc(CCc2c[nH]c3nc(N)[nH]c(=O)c23)cc1.O=CO. The number of amides is 1. The molecule has 0 aliphatic carbocycles. The van der Waals surface area contributed by atoms with Gasteiger partial charge in [-0.15, -0.1) is 0 Å². The minimum absolute atomic E-state index is 0.0751. The number of aryl methyl sites for hydroxylation is 2. The molecule has 0 atom stereocenters. The summed E-state index contributed by atoms with van der Waals surface area (Å²) in [5.74, 6) is -0.432. The maximum absolute atomic E-state index is 12.3. The Balaban J connectivity index is 0.000000827. The summed E-state index contributed by atoms with van der Waals surface area (Å²) in [6.07, 6.45) is 12.3. The van der Waals surface area contributed by atoms with Crippen LogP contribution in [0.2, 0.25) is 0 Å². The molecular weight excluding hydrogens is 592 g/mol. The summed E-state index contributed by atoms with van der Waals surface area (Å²) in [4.78, 5) is 54.2. The molecule has 0 fully saturated rings. The number of nitrogens with one attached hydrogen (secondary N) is 4. The second-order valence-electron chi connectivity index (χ2n) is 10.5. The predicted molar refractivity (Wildman–Crippen MR) is 180 cm³/mol. The standard InChI is InChI=1S/C24H32N6O5.C8H18.CH2O2/c1-26-11-12-34-13-14-35-19(31)3-2-10-27-22(32)17-7-4-16(5-8-17)6-9-18-15-28-21-20(18)23(33)30-24(25)29-21;1-3-5-7-8-6-4-2;2-1-3/h4-5,7-8,15,26H,2-3,6,9-14H2,1H3,(H,27,32)(H4,25,28,29,30,33);3-8H2,1-2H3;1H,(H,2,3). The van der Waals surface area contributed by atoms with Crippen LogP contribution < -0.4 is 21.9 Å². The van der Waals surface area contributed by atoms with Crippen LogP contribution in [0.5, 0.6) is 0 Å². The van der Waals surface area contributed by atoms with E-state index in [2.05, 4.69) is 39.4 Å². The highest BCUT2D eigenvalue weighted by Gasteiger charge is 2.11. The number of carbonyl (C=O) groups is 3. The van der Waals surface area contributed by atoms with Gasteiger partial charge in [0.2, 0.25) is 5.95 Å². The highest BCUT2D eigenvalue weighted by Crippen LogP contribution is 2.16. The number of ether oxygens (including phenoxy) is 2. The van der Waals surface area contributed by atoms with Crippen LogP contribution in [-0.4, -0.2) is 78.4 Å². The molecule has 0 saturated heterocycles. The molecule has 13 heteroatoms. The largest absolute Gasteiger partial charge is 0.483 e. The van der Waals surface area contributed by atoms with Gasteiger partial charge in [-0.25, -0.2) is 0 Å². The van der Waals surface area contributed by atoms with Crippen LogP contribution in [0.25, 0.3) is 11.0 Å². The Morgan fingerprint density at radius 1 is 0.978 bits per heavy atom. The van der Waals surface area contributed by atoms with Crippen LogP contribution in [0.1, 0.15) is 86.7 Å². The van der Waals surface area contributed by atoms with Crippen molar-refractivity contribution in [1.29, 1.82) is 0 Å². The Morgan fingerprint density at radius 2 is 1.65 bits per heavy atom. The molecule has 0 spiro atoms. The minimum atomic E-state index is -0.308. The Bertz CT molecular complexity index is 1320. The van der Waals surface area contributed by atoms with Gasteiger partial charge < -0.3 is 35.9 Å². The first kappa shape index (κ1) is 39.8. The molecule has 1 amide bonds. The summed E-state index contributed by atoms with van der Waals surface area (Å²) in [5.41, 5.74) is 8.21. The first-order valence-corrected chi connectivity index (χ1v) is 16.0. The fraction of sp³-hybridized carbons (Fsp3) is 0.545. The van der Waals surface area contributed by atoms with Gasteiger partial charge in [0.15, 0.2) is 0 Å². The molecule has 3 aromatic rings. The molecule has 0 unspecified atom stereocenters. The molecule has 3 rings (SSSR count). The van der Waals surface area contributed by atoms with Crippen molar-refractivity contribution in [3.63, 3.8) is 0 Å². The molecule has 0 radical (unpaired) electrons. The van der Waals surface area contributed by atoms with E-state index in [-0.39, 0.29) is 42.9 Å². The number of esters is 1. The summed E-state index contributed by atoms with van der Waals surface area (Å²) in [6.45, 7) is 6.55. The summed E-state index contributed by atoms with van der Waals surface area (Å²) in [5, 5.41) is 13.2. The zero-order valence-corrected chi connectivity index (χ0v) is 27.5. The van der Waals surface area contributed by atoms with Crippen LogP contribution in [0.3, 0.4) is 0 Å². The summed E-state index contributed by atoms with van der Waals surface area (Å²) >= 11 is 0. The number of benzene rings is 1. The number of nitrogen functional groups attached to an aromatic ring is 1. The van der Waals surface area contributed by atoms with Gasteiger partial charge in [-0.05, 0) is 49.6 Å². The third-order valence-electron chi connectivity index (χ3n) is 6.83. The maximum atomic E-state index is 12.3. The van der Waals surface area contributed by atoms with E-state index in [1.807, 2.05) is 19.2 Å². The number of hydrogen-bond acceptors (Lipinski definition) is 9. The molecular formula is C33H52N6O7. The van der Waals surface area contributed by atoms with Crippen LogP contribution in [0, 0.1) is 0 Å². The van der Waals surface area contributed by atoms with Gasteiger partial charge in [0.1, 0.15) is 12.3 Å². The van der Waals surface area contributed by atoms with Gasteiger partial charge in [0.05, 0.1) is 18.6 Å². The number of nitrogens with two attached hydrogens (primary N) is 1. The van der Waals surface area contributed by atoms with E-state index in [9.17, 15) is 14.4 Å². The number of rotatable bonds is 19. The monoisotopic (exact) mass is 644 g/mol. The van der Waals surface area contributed by atoms with Gasteiger partial charge in [-0.3, -0.25) is 24.2 Å². The van der Waals surface area contributed by atoms with Crippen molar-refractivity contribution in [1.82, 2.24) is 25.6 Å². The lowest BCUT2D eigenvalue weighted by molar-refractivity contribution is -0.145. The lowest BCUT2D eigenvalue weighted by atomic mass is 10.0. The van der Waals surface area contributed by atoms with Crippen LogP contribution in [0.4, 0.5) is 5.95 Å². The number of carbonyl (C=O) groups excluding carboxylic acids is 2. The molecule has 0 saturated carbocycles. The van der Waals surface area contributed by atoms with E-state index in [1.54, 1.807) is 18.3 Å². The normalized spacial score (nSPS) is 10.3.